The van der Waals surface area contributed by atoms with Gasteiger partial charge in [-0.05, 0) is 24.7 Å². The lowest BCUT2D eigenvalue weighted by atomic mass is 10.2. The lowest BCUT2D eigenvalue weighted by Gasteiger charge is -2.32. The minimum atomic E-state index is 0.177. The summed E-state index contributed by atoms with van der Waals surface area (Å²) in [5, 5.41) is 0. The van der Waals surface area contributed by atoms with Crippen molar-refractivity contribution >= 4 is 5.91 Å². The summed E-state index contributed by atoms with van der Waals surface area (Å²) in [6, 6.07) is 7.86. The number of rotatable bonds is 8. The van der Waals surface area contributed by atoms with Crippen molar-refractivity contribution in [3.63, 3.8) is 0 Å². The Morgan fingerprint density at radius 3 is 2.75 bits per heavy atom. The third kappa shape index (κ3) is 5.65. The van der Waals surface area contributed by atoms with Gasteiger partial charge in [-0.1, -0.05) is 18.2 Å². The summed E-state index contributed by atoms with van der Waals surface area (Å²) in [4.78, 5) is 19.2. The van der Waals surface area contributed by atoms with Gasteiger partial charge in [0.2, 0.25) is 5.91 Å². The number of amides is 1. The molecule has 1 aliphatic rings. The number of nitrogens with zero attached hydrogens (tertiary/aromatic N) is 3. The van der Waals surface area contributed by atoms with Gasteiger partial charge >= 0.3 is 0 Å². The van der Waals surface area contributed by atoms with E-state index in [1.165, 1.54) is 0 Å². The van der Waals surface area contributed by atoms with Crippen LogP contribution >= 0.6 is 0 Å². The third-order valence-corrected chi connectivity index (χ3v) is 4.45. The van der Waals surface area contributed by atoms with E-state index in [1.54, 1.807) is 13.2 Å². The molecule has 132 valence electrons. The highest BCUT2D eigenvalue weighted by Crippen LogP contribution is 2.15. The molecule has 1 amide bonds. The van der Waals surface area contributed by atoms with Crippen LogP contribution in [0.15, 0.2) is 36.9 Å². The highest BCUT2D eigenvalue weighted by molar-refractivity contribution is 5.76. The van der Waals surface area contributed by atoms with Gasteiger partial charge < -0.3 is 19.4 Å². The second-order valence-electron chi connectivity index (χ2n) is 6.31. The molecule has 1 heterocycles. The molecule has 5 heteroatoms. The summed E-state index contributed by atoms with van der Waals surface area (Å²) >= 11 is 0. The maximum absolute atomic E-state index is 12.6. The lowest BCUT2D eigenvalue weighted by molar-refractivity contribution is -0.131. The maximum atomic E-state index is 12.6. The average Bonchev–Trinajstić information content (AvgIpc) is 2.61. The molecule has 0 N–H and O–H groups in total. The van der Waals surface area contributed by atoms with E-state index >= 15 is 0 Å². The van der Waals surface area contributed by atoms with Gasteiger partial charge in [-0.3, -0.25) is 4.79 Å². The zero-order valence-electron chi connectivity index (χ0n) is 14.9. The Labute approximate surface area is 145 Å². The molecule has 0 aromatic heterocycles. The first kappa shape index (κ1) is 18.5. The molecule has 0 unspecified atom stereocenters. The summed E-state index contributed by atoms with van der Waals surface area (Å²) in [7, 11) is 3.80. The van der Waals surface area contributed by atoms with E-state index in [9.17, 15) is 4.79 Å². The first-order chi connectivity index (χ1) is 11.6. The second-order valence-corrected chi connectivity index (χ2v) is 6.31. The normalized spacial score (nSPS) is 15.9. The zero-order valence-corrected chi connectivity index (χ0v) is 14.9. The van der Waals surface area contributed by atoms with Crippen LogP contribution in [0.4, 0.5) is 0 Å². The van der Waals surface area contributed by atoms with Crippen molar-refractivity contribution in [3.05, 3.63) is 42.5 Å². The van der Waals surface area contributed by atoms with E-state index in [0.29, 0.717) is 19.5 Å². The van der Waals surface area contributed by atoms with E-state index in [1.807, 2.05) is 29.2 Å². The molecule has 0 bridgehead atoms. The highest BCUT2D eigenvalue weighted by Gasteiger charge is 2.17. The number of likely N-dealkylation sites (N-methyl/N-ethyl adjacent to an activating group) is 1. The van der Waals surface area contributed by atoms with E-state index in [2.05, 4.69) is 23.4 Å². The molecule has 1 aliphatic heterocycles. The molecule has 0 spiro atoms. The number of carbonyl (C=O) groups is 1. The molecule has 1 saturated heterocycles. The van der Waals surface area contributed by atoms with Crippen molar-refractivity contribution in [2.45, 2.75) is 13.0 Å². The topological polar surface area (TPSA) is 36.0 Å². The molecule has 2 rings (SSSR count). The predicted molar refractivity (Wildman–Crippen MR) is 97.2 cm³/mol. The van der Waals surface area contributed by atoms with Crippen LogP contribution in [-0.4, -0.2) is 74.0 Å². The molecule has 1 aromatic carbocycles. The Morgan fingerprint density at radius 1 is 1.33 bits per heavy atom. The van der Waals surface area contributed by atoms with E-state index < -0.39 is 0 Å². The van der Waals surface area contributed by atoms with Crippen LogP contribution in [-0.2, 0) is 11.3 Å². The van der Waals surface area contributed by atoms with Gasteiger partial charge in [-0.15, -0.1) is 6.58 Å². The number of carbonyl (C=O) groups excluding carboxylic acids is 1. The molecule has 5 nitrogen and oxygen atoms in total. The largest absolute Gasteiger partial charge is 0.497 e. The monoisotopic (exact) mass is 331 g/mol. The van der Waals surface area contributed by atoms with Crippen LogP contribution < -0.4 is 4.74 Å². The van der Waals surface area contributed by atoms with Crippen molar-refractivity contribution in [2.75, 3.05) is 53.4 Å². The summed E-state index contributed by atoms with van der Waals surface area (Å²) < 4.78 is 5.26. The fourth-order valence-electron chi connectivity index (χ4n) is 2.88. The molecule has 0 radical (unpaired) electrons. The van der Waals surface area contributed by atoms with Crippen molar-refractivity contribution < 1.29 is 9.53 Å². The maximum Gasteiger partial charge on any atom is 0.224 e. The Bertz CT molecular complexity index is 539. The SMILES string of the molecule is C=CCN(Cc1cccc(OC)c1)C(=O)CCN1CCN(C)CC1. The summed E-state index contributed by atoms with van der Waals surface area (Å²) in [5.41, 5.74) is 1.07. The fourth-order valence-corrected chi connectivity index (χ4v) is 2.88. The molecule has 0 saturated carbocycles. The average molecular weight is 331 g/mol. The Balaban J connectivity index is 1.88. The van der Waals surface area contributed by atoms with Crippen molar-refractivity contribution in [2.24, 2.45) is 0 Å². The highest BCUT2D eigenvalue weighted by atomic mass is 16.5. The molecular weight excluding hydrogens is 302 g/mol. The van der Waals surface area contributed by atoms with Crippen LogP contribution in [0.1, 0.15) is 12.0 Å². The minimum absolute atomic E-state index is 0.177. The number of ether oxygens (including phenoxy) is 1. The first-order valence-electron chi connectivity index (χ1n) is 8.55. The van der Waals surface area contributed by atoms with Gasteiger partial charge in [0, 0.05) is 52.2 Å². The molecule has 1 fully saturated rings. The third-order valence-electron chi connectivity index (χ3n) is 4.45. The first-order valence-corrected chi connectivity index (χ1v) is 8.55. The summed E-state index contributed by atoms with van der Waals surface area (Å²) in [6.07, 6.45) is 2.34. The Hall–Kier alpha value is -1.85. The molecule has 1 aromatic rings. The van der Waals surface area contributed by atoms with Crippen LogP contribution in [0.5, 0.6) is 5.75 Å². The van der Waals surface area contributed by atoms with Crippen LogP contribution in [0.25, 0.3) is 0 Å². The lowest BCUT2D eigenvalue weighted by Crippen LogP contribution is -2.45. The summed E-state index contributed by atoms with van der Waals surface area (Å²) in [6.45, 7) is 10.0. The van der Waals surface area contributed by atoms with Crippen LogP contribution in [0.2, 0.25) is 0 Å². The Kier molecular flexibility index (Phi) is 7.28. The number of hydrogen-bond acceptors (Lipinski definition) is 4. The number of methoxy groups -OCH3 is 1. The van der Waals surface area contributed by atoms with Gasteiger partial charge in [-0.2, -0.15) is 0 Å². The van der Waals surface area contributed by atoms with Gasteiger partial charge in [-0.25, -0.2) is 0 Å². The van der Waals surface area contributed by atoms with E-state index in [-0.39, 0.29) is 5.91 Å². The fraction of sp³-hybridized carbons (Fsp3) is 0.526. The molecule has 24 heavy (non-hydrogen) atoms. The number of piperazine rings is 1. The van der Waals surface area contributed by atoms with Crippen LogP contribution in [0.3, 0.4) is 0 Å². The number of benzene rings is 1. The van der Waals surface area contributed by atoms with Crippen LogP contribution in [0, 0.1) is 0 Å². The Morgan fingerprint density at radius 2 is 2.08 bits per heavy atom. The van der Waals surface area contributed by atoms with Crippen molar-refractivity contribution in [1.82, 2.24) is 14.7 Å². The summed E-state index contributed by atoms with van der Waals surface area (Å²) in [5.74, 6) is 0.993. The van der Waals surface area contributed by atoms with Gasteiger partial charge in [0.1, 0.15) is 5.75 Å². The standard InChI is InChI=1S/C19H29N3O2/c1-4-9-22(16-17-6-5-7-18(15-17)24-3)19(23)8-10-21-13-11-20(2)12-14-21/h4-7,15H,1,8-14,16H2,2-3H3. The van der Waals surface area contributed by atoms with Crippen molar-refractivity contribution in [3.8, 4) is 5.75 Å². The quantitative estimate of drug-likeness (QED) is 0.681. The van der Waals surface area contributed by atoms with Gasteiger partial charge in [0.25, 0.3) is 0 Å². The van der Waals surface area contributed by atoms with Gasteiger partial charge in [0.15, 0.2) is 0 Å². The number of hydrogen-bond donors (Lipinski definition) is 0. The minimum Gasteiger partial charge on any atom is -0.497 e. The second kappa shape index (κ2) is 9.45. The molecule has 0 aliphatic carbocycles. The molecular formula is C19H29N3O2. The predicted octanol–water partition coefficient (Wildman–Crippen LogP) is 1.85. The van der Waals surface area contributed by atoms with E-state index in [4.69, 9.17) is 4.74 Å². The smallest absolute Gasteiger partial charge is 0.224 e. The van der Waals surface area contributed by atoms with Crippen molar-refractivity contribution in [1.29, 1.82) is 0 Å². The molecule has 0 atom stereocenters. The van der Waals surface area contributed by atoms with Gasteiger partial charge in [0.05, 0.1) is 7.11 Å². The zero-order chi connectivity index (χ0) is 17.4. The van der Waals surface area contributed by atoms with E-state index in [0.717, 1.165) is 44.0 Å².